The quantitative estimate of drug-likeness (QED) is 0.617. The van der Waals surface area contributed by atoms with E-state index in [2.05, 4.69) is 44.5 Å². The van der Waals surface area contributed by atoms with Crippen molar-refractivity contribution in [1.29, 1.82) is 0 Å². The lowest BCUT2D eigenvalue weighted by molar-refractivity contribution is 0.321. The second kappa shape index (κ2) is 3.08. The maximum absolute atomic E-state index is 4.68. The van der Waals surface area contributed by atoms with Gasteiger partial charge < -0.3 is 4.90 Å². The van der Waals surface area contributed by atoms with Crippen molar-refractivity contribution in [2.75, 3.05) is 6.54 Å². The topological polar surface area (TPSA) is 15.6 Å². The minimum atomic E-state index is 0.135. The molecule has 1 aliphatic heterocycles. The Morgan fingerprint density at radius 2 is 2.08 bits per heavy atom. The predicted molar refractivity (Wildman–Crippen MR) is 53.6 cm³/mol. The third kappa shape index (κ3) is 1.79. The van der Waals surface area contributed by atoms with Crippen molar-refractivity contribution in [1.82, 2.24) is 4.90 Å². The summed E-state index contributed by atoms with van der Waals surface area (Å²) in [5.74, 6) is 1.27. The normalized spacial score (nSPS) is 21.8. The molecule has 12 heavy (non-hydrogen) atoms. The van der Waals surface area contributed by atoms with Gasteiger partial charge in [-0.3, -0.25) is 4.99 Å². The van der Waals surface area contributed by atoms with Gasteiger partial charge in [0, 0.05) is 19.0 Å². The summed E-state index contributed by atoms with van der Waals surface area (Å²) >= 11 is 0. The van der Waals surface area contributed by atoms with E-state index in [1.54, 1.807) is 0 Å². The monoisotopic (exact) mass is 168 g/mol. The highest BCUT2D eigenvalue weighted by molar-refractivity contribution is 5.84. The van der Waals surface area contributed by atoms with Crippen LogP contribution in [0.1, 0.15) is 41.0 Å². The molecule has 0 spiro atoms. The second-order valence-electron chi connectivity index (χ2n) is 4.42. The van der Waals surface area contributed by atoms with E-state index >= 15 is 0 Å². The summed E-state index contributed by atoms with van der Waals surface area (Å²) in [5.41, 5.74) is 0.135. The van der Waals surface area contributed by atoms with Crippen molar-refractivity contribution in [3.8, 4) is 0 Å². The highest BCUT2D eigenvalue weighted by Gasteiger charge is 2.30. The van der Waals surface area contributed by atoms with E-state index in [0.717, 1.165) is 13.0 Å². The second-order valence-corrected chi connectivity index (χ2v) is 4.42. The molecule has 70 valence electrons. The van der Waals surface area contributed by atoms with Gasteiger partial charge in [0.15, 0.2) is 0 Å². The van der Waals surface area contributed by atoms with E-state index in [1.807, 2.05) is 0 Å². The van der Waals surface area contributed by atoms with Gasteiger partial charge in [-0.05, 0) is 27.7 Å². The molecule has 0 saturated heterocycles. The zero-order valence-electron chi connectivity index (χ0n) is 8.89. The van der Waals surface area contributed by atoms with Crippen molar-refractivity contribution in [2.45, 2.75) is 52.6 Å². The van der Waals surface area contributed by atoms with Crippen LogP contribution in [0.3, 0.4) is 0 Å². The van der Waals surface area contributed by atoms with Gasteiger partial charge in [0.05, 0.1) is 11.4 Å². The van der Waals surface area contributed by atoms with Crippen molar-refractivity contribution in [2.24, 2.45) is 4.99 Å². The summed E-state index contributed by atoms with van der Waals surface area (Å²) in [4.78, 5) is 7.09. The Morgan fingerprint density at radius 3 is 2.42 bits per heavy atom. The van der Waals surface area contributed by atoms with E-state index in [1.165, 1.54) is 5.84 Å². The number of rotatable bonds is 2. The highest BCUT2D eigenvalue weighted by Crippen LogP contribution is 2.22. The van der Waals surface area contributed by atoms with Crippen molar-refractivity contribution in [3.63, 3.8) is 0 Å². The highest BCUT2D eigenvalue weighted by atomic mass is 15.3. The maximum atomic E-state index is 4.68. The van der Waals surface area contributed by atoms with Crippen LogP contribution in [0, 0.1) is 0 Å². The van der Waals surface area contributed by atoms with E-state index in [0.29, 0.717) is 6.04 Å². The molecule has 0 unspecified atom stereocenters. The van der Waals surface area contributed by atoms with Gasteiger partial charge in [-0.2, -0.15) is 0 Å². The fourth-order valence-corrected chi connectivity index (χ4v) is 1.72. The van der Waals surface area contributed by atoms with Crippen molar-refractivity contribution < 1.29 is 0 Å². The zero-order chi connectivity index (χ0) is 9.35. The lowest BCUT2D eigenvalue weighted by atomic mass is 10.1. The molecule has 1 aliphatic rings. The van der Waals surface area contributed by atoms with Crippen LogP contribution >= 0.6 is 0 Å². The summed E-state index contributed by atoms with van der Waals surface area (Å²) in [5, 5.41) is 0. The number of amidine groups is 1. The van der Waals surface area contributed by atoms with Gasteiger partial charge in [0.2, 0.25) is 0 Å². The number of nitrogens with zero attached hydrogens (tertiary/aromatic N) is 2. The smallest absolute Gasteiger partial charge is 0.0996 e. The number of hydrogen-bond acceptors (Lipinski definition) is 2. The Kier molecular flexibility index (Phi) is 2.45. The molecule has 0 aliphatic carbocycles. The Labute approximate surface area is 75.7 Å². The van der Waals surface area contributed by atoms with Crippen LogP contribution < -0.4 is 0 Å². The molecule has 0 N–H and O–H groups in total. The van der Waals surface area contributed by atoms with E-state index in [-0.39, 0.29) is 5.54 Å². The summed E-state index contributed by atoms with van der Waals surface area (Å²) in [7, 11) is 0. The Balaban J connectivity index is 2.77. The minimum Gasteiger partial charge on any atom is -0.356 e. The zero-order valence-corrected chi connectivity index (χ0v) is 8.89. The Bertz CT molecular complexity index is 192. The molecule has 0 radical (unpaired) electrons. The lowest BCUT2D eigenvalue weighted by Crippen LogP contribution is -2.37. The van der Waals surface area contributed by atoms with Crippen LogP contribution in [-0.4, -0.2) is 28.9 Å². The summed E-state index contributed by atoms with van der Waals surface area (Å²) in [6, 6.07) is 0.588. The fraction of sp³-hybridized carbons (Fsp3) is 0.900. The van der Waals surface area contributed by atoms with Gasteiger partial charge in [0.1, 0.15) is 0 Å². The summed E-state index contributed by atoms with van der Waals surface area (Å²) in [6.45, 7) is 12.1. The van der Waals surface area contributed by atoms with Gasteiger partial charge in [0.25, 0.3) is 0 Å². The van der Waals surface area contributed by atoms with Crippen molar-refractivity contribution in [3.05, 3.63) is 0 Å². The summed E-state index contributed by atoms with van der Waals surface area (Å²) in [6.07, 6.45) is 1.06. The maximum Gasteiger partial charge on any atom is 0.0996 e. The van der Waals surface area contributed by atoms with E-state index < -0.39 is 0 Å². The van der Waals surface area contributed by atoms with E-state index in [9.17, 15) is 0 Å². The largest absolute Gasteiger partial charge is 0.356 e. The van der Waals surface area contributed by atoms with Crippen LogP contribution in [0.5, 0.6) is 0 Å². The molecule has 2 heteroatoms. The molecule has 0 bridgehead atoms. The molecule has 0 aromatic carbocycles. The molecule has 0 amide bonds. The molecule has 2 nitrogen and oxygen atoms in total. The van der Waals surface area contributed by atoms with E-state index in [4.69, 9.17) is 0 Å². The van der Waals surface area contributed by atoms with Crippen LogP contribution in [0.15, 0.2) is 4.99 Å². The fourth-order valence-electron chi connectivity index (χ4n) is 1.72. The molecule has 1 rings (SSSR count). The average molecular weight is 168 g/mol. The lowest BCUT2D eigenvalue weighted by Gasteiger charge is -2.26. The van der Waals surface area contributed by atoms with Crippen molar-refractivity contribution >= 4 is 5.84 Å². The van der Waals surface area contributed by atoms with Gasteiger partial charge >= 0.3 is 0 Å². The molecular formula is C10H20N2. The Morgan fingerprint density at radius 1 is 1.50 bits per heavy atom. The van der Waals surface area contributed by atoms with Crippen LogP contribution in [0.4, 0.5) is 0 Å². The SMILES string of the molecule is CCC1=NC(C)(C)CN1C(C)C. The Hall–Kier alpha value is -0.530. The van der Waals surface area contributed by atoms with Gasteiger partial charge in [-0.15, -0.1) is 0 Å². The molecule has 1 heterocycles. The first kappa shape index (κ1) is 9.56. The number of hydrogen-bond donors (Lipinski definition) is 0. The third-order valence-corrected chi connectivity index (χ3v) is 2.26. The molecule has 0 atom stereocenters. The first-order valence-corrected chi connectivity index (χ1v) is 4.81. The molecule has 0 aromatic heterocycles. The number of aliphatic imine (C=N–C) groups is 1. The van der Waals surface area contributed by atoms with Crippen LogP contribution in [0.25, 0.3) is 0 Å². The summed E-state index contributed by atoms with van der Waals surface area (Å²) < 4.78 is 0. The first-order valence-electron chi connectivity index (χ1n) is 4.81. The van der Waals surface area contributed by atoms with Crippen LogP contribution in [0.2, 0.25) is 0 Å². The minimum absolute atomic E-state index is 0.135. The first-order chi connectivity index (χ1) is 5.46. The van der Waals surface area contributed by atoms with Crippen LogP contribution in [-0.2, 0) is 0 Å². The third-order valence-electron chi connectivity index (χ3n) is 2.26. The van der Waals surface area contributed by atoms with Gasteiger partial charge in [-0.1, -0.05) is 6.92 Å². The average Bonchev–Trinajstić information content (AvgIpc) is 2.25. The molecular weight excluding hydrogens is 148 g/mol. The molecule has 0 fully saturated rings. The predicted octanol–water partition coefficient (Wildman–Crippen LogP) is 2.30. The standard InChI is InChI=1S/C10H20N2/c1-6-9-11-10(4,5)7-12(9)8(2)3/h8H,6-7H2,1-5H3. The molecule has 0 saturated carbocycles. The molecule has 0 aromatic rings. The van der Waals surface area contributed by atoms with Gasteiger partial charge in [-0.25, -0.2) is 0 Å².